The molecule has 4 N–H and O–H groups in total. The van der Waals surface area contributed by atoms with E-state index in [1.807, 2.05) is 30.4 Å². The molecule has 0 spiro atoms. The van der Waals surface area contributed by atoms with Gasteiger partial charge in [0.25, 0.3) is 0 Å². The first-order valence-corrected chi connectivity index (χ1v) is 12.0. The van der Waals surface area contributed by atoms with Crippen LogP contribution in [0, 0.1) is 0 Å². The average molecular weight is 451 g/mol. The summed E-state index contributed by atoms with van der Waals surface area (Å²) in [5, 5.41) is 20.5. The van der Waals surface area contributed by atoms with Gasteiger partial charge in [-0.15, -0.1) is 13.2 Å². The molecule has 0 radical (unpaired) electrons. The number of aliphatic hydroxyl groups is 1. The number of likely N-dealkylation sites (tertiary alicyclic amines) is 1. The van der Waals surface area contributed by atoms with Gasteiger partial charge in [-0.1, -0.05) is 24.3 Å². The van der Waals surface area contributed by atoms with Crippen molar-refractivity contribution in [3.8, 4) is 22.6 Å². The van der Waals surface area contributed by atoms with Crippen LogP contribution in [0.2, 0.25) is 0 Å². The van der Waals surface area contributed by atoms with E-state index in [1.165, 1.54) is 0 Å². The van der Waals surface area contributed by atoms with Crippen molar-refractivity contribution in [3.05, 3.63) is 72.3 Å². The molecule has 5 nitrogen and oxygen atoms in total. The van der Waals surface area contributed by atoms with Crippen LogP contribution in [0.5, 0.6) is 11.5 Å². The molecule has 3 rings (SSSR count). The van der Waals surface area contributed by atoms with Crippen LogP contribution in [0.3, 0.4) is 0 Å². The normalized spacial score (nSPS) is 14.8. The zero-order chi connectivity index (χ0) is 23.6. The number of nitrogens with zero attached hydrogens (tertiary/aromatic N) is 1. The van der Waals surface area contributed by atoms with E-state index in [-0.39, 0.29) is 12.6 Å². The third kappa shape index (κ3) is 6.94. The second kappa shape index (κ2) is 12.6. The molecule has 33 heavy (non-hydrogen) atoms. The van der Waals surface area contributed by atoms with Crippen molar-refractivity contribution in [1.29, 1.82) is 0 Å². The smallest absolute Gasteiger partial charge is 0.128 e. The predicted octanol–water partition coefficient (Wildman–Crippen LogP) is 4.59. The summed E-state index contributed by atoms with van der Waals surface area (Å²) >= 11 is 0. The van der Waals surface area contributed by atoms with Gasteiger partial charge in [0.05, 0.1) is 6.61 Å². The molecule has 2 aromatic carbocycles. The van der Waals surface area contributed by atoms with Crippen molar-refractivity contribution in [2.45, 2.75) is 51.1 Å². The number of hydrogen-bond acceptors (Lipinski definition) is 5. The monoisotopic (exact) mass is 450 g/mol. The van der Waals surface area contributed by atoms with Gasteiger partial charge in [-0.05, 0) is 80.9 Å². The number of piperidine rings is 1. The van der Waals surface area contributed by atoms with Crippen molar-refractivity contribution >= 4 is 0 Å². The number of aromatic hydroxyl groups is 1. The van der Waals surface area contributed by atoms with Crippen LogP contribution in [0.4, 0.5) is 0 Å². The number of phenols is 1. The lowest BCUT2D eigenvalue weighted by atomic mass is 9.94. The van der Waals surface area contributed by atoms with Crippen molar-refractivity contribution in [2.24, 2.45) is 5.73 Å². The molecular weight excluding hydrogens is 412 g/mol. The van der Waals surface area contributed by atoms with Gasteiger partial charge in [-0.2, -0.15) is 0 Å². The number of benzene rings is 2. The molecule has 0 bridgehead atoms. The van der Waals surface area contributed by atoms with Crippen molar-refractivity contribution in [1.82, 2.24) is 4.90 Å². The fraction of sp³-hybridized carbons (Fsp3) is 0.429. The first-order valence-electron chi connectivity index (χ1n) is 12.0. The average Bonchev–Trinajstić information content (AvgIpc) is 2.81. The van der Waals surface area contributed by atoms with Gasteiger partial charge in [0, 0.05) is 35.9 Å². The minimum absolute atomic E-state index is 0.156. The summed E-state index contributed by atoms with van der Waals surface area (Å²) in [6.07, 6.45) is 8.67. The third-order valence-electron chi connectivity index (χ3n) is 6.18. The minimum atomic E-state index is 0.156. The summed E-state index contributed by atoms with van der Waals surface area (Å²) in [4.78, 5) is 2.36. The summed E-state index contributed by atoms with van der Waals surface area (Å²) in [6.45, 7) is 11.0. The van der Waals surface area contributed by atoms with Crippen LogP contribution in [0.1, 0.15) is 42.4 Å². The maximum Gasteiger partial charge on any atom is 0.128 e. The van der Waals surface area contributed by atoms with Crippen molar-refractivity contribution < 1.29 is 14.9 Å². The lowest BCUT2D eigenvalue weighted by Gasteiger charge is -2.30. The molecular formula is C28H38N2O3. The van der Waals surface area contributed by atoms with E-state index in [0.717, 1.165) is 78.8 Å². The Morgan fingerprint density at radius 2 is 1.70 bits per heavy atom. The fourth-order valence-electron chi connectivity index (χ4n) is 4.33. The summed E-state index contributed by atoms with van der Waals surface area (Å²) in [5.41, 5.74) is 10.9. The molecule has 0 unspecified atom stereocenters. The van der Waals surface area contributed by atoms with E-state index in [9.17, 15) is 5.11 Å². The predicted molar refractivity (Wildman–Crippen MR) is 136 cm³/mol. The first-order chi connectivity index (χ1) is 16.0. The molecule has 1 aliphatic rings. The lowest BCUT2D eigenvalue weighted by Crippen LogP contribution is -2.39. The first kappa shape index (κ1) is 25.0. The summed E-state index contributed by atoms with van der Waals surface area (Å²) < 4.78 is 6.09. The molecule has 0 aromatic heterocycles. The van der Waals surface area contributed by atoms with E-state index in [4.69, 9.17) is 15.6 Å². The third-order valence-corrected chi connectivity index (χ3v) is 6.18. The zero-order valence-corrected chi connectivity index (χ0v) is 19.6. The number of phenolic OH excluding ortho intramolecular Hbond substituents is 1. The summed E-state index contributed by atoms with van der Waals surface area (Å²) in [6, 6.07) is 10.5. The van der Waals surface area contributed by atoms with Gasteiger partial charge in [0.2, 0.25) is 0 Å². The molecule has 2 aromatic rings. The van der Waals surface area contributed by atoms with E-state index in [0.29, 0.717) is 25.3 Å². The van der Waals surface area contributed by atoms with Crippen LogP contribution in [0.15, 0.2) is 55.6 Å². The molecule has 1 heterocycles. The maximum absolute atomic E-state index is 11.4. The highest BCUT2D eigenvalue weighted by Gasteiger charge is 2.20. The Balaban J connectivity index is 1.99. The summed E-state index contributed by atoms with van der Waals surface area (Å²) in [7, 11) is 0. The Morgan fingerprint density at radius 3 is 2.39 bits per heavy atom. The molecule has 0 aliphatic carbocycles. The van der Waals surface area contributed by atoms with Gasteiger partial charge in [0.1, 0.15) is 11.5 Å². The molecule has 5 heteroatoms. The van der Waals surface area contributed by atoms with Gasteiger partial charge < -0.3 is 20.7 Å². The summed E-state index contributed by atoms with van der Waals surface area (Å²) in [5.74, 6) is 1.04. The Kier molecular flexibility index (Phi) is 9.55. The number of hydrogen-bond donors (Lipinski definition) is 3. The number of rotatable bonds is 12. The highest BCUT2D eigenvalue weighted by molar-refractivity contribution is 5.78. The molecule has 1 fully saturated rings. The van der Waals surface area contributed by atoms with Crippen LogP contribution >= 0.6 is 0 Å². The fourth-order valence-corrected chi connectivity index (χ4v) is 4.33. The molecule has 0 saturated carbocycles. The number of nitrogens with two attached hydrogens (primary N) is 1. The number of unbranched alkanes of at least 4 members (excludes halogenated alkanes) is 1. The van der Waals surface area contributed by atoms with E-state index in [1.54, 1.807) is 0 Å². The van der Waals surface area contributed by atoms with Gasteiger partial charge in [-0.3, -0.25) is 4.90 Å². The Hall–Kier alpha value is -2.60. The van der Waals surface area contributed by atoms with Crippen LogP contribution < -0.4 is 10.5 Å². The molecule has 178 valence electrons. The second-order valence-corrected chi connectivity index (χ2v) is 8.86. The quantitative estimate of drug-likeness (QED) is 0.326. The van der Waals surface area contributed by atoms with Crippen molar-refractivity contribution in [2.75, 3.05) is 26.3 Å². The van der Waals surface area contributed by atoms with Gasteiger partial charge in [0.15, 0.2) is 0 Å². The second-order valence-electron chi connectivity index (χ2n) is 8.86. The minimum Gasteiger partial charge on any atom is -0.507 e. The van der Waals surface area contributed by atoms with Gasteiger partial charge >= 0.3 is 0 Å². The van der Waals surface area contributed by atoms with E-state index < -0.39 is 0 Å². The van der Waals surface area contributed by atoms with Crippen LogP contribution in [-0.4, -0.2) is 47.5 Å². The Bertz CT molecular complexity index is 933. The Morgan fingerprint density at radius 1 is 1.00 bits per heavy atom. The number of ether oxygens (including phenoxy) is 1. The molecule has 0 amide bonds. The lowest BCUT2D eigenvalue weighted by molar-refractivity contribution is 0.203. The van der Waals surface area contributed by atoms with E-state index in [2.05, 4.69) is 30.2 Å². The topological polar surface area (TPSA) is 79.0 Å². The maximum atomic E-state index is 11.4. The highest BCUT2D eigenvalue weighted by Crippen LogP contribution is 2.40. The highest BCUT2D eigenvalue weighted by atomic mass is 16.5. The SMILES string of the molecule is C=CCc1ccc(OCCCCO)c(-c2cc(CC=C)cc(CN3CCC(N)CC3)c2O)c1. The van der Waals surface area contributed by atoms with Crippen LogP contribution in [0.25, 0.3) is 11.1 Å². The standard InChI is InChI=1S/C28H38N2O3/c1-3-7-21-9-10-27(33-16-6-5-15-31)25(18-21)26-19-22(8-4-2)17-23(28(26)32)20-30-13-11-24(29)12-14-30/h3-4,9-10,17-19,24,31-32H,1-2,5-8,11-16,20,29H2. The molecule has 1 aliphatic heterocycles. The molecule has 0 atom stereocenters. The number of allylic oxidation sites excluding steroid dienone is 2. The van der Waals surface area contributed by atoms with Crippen LogP contribution in [-0.2, 0) is 19.4 Å². The van der Waals surface area contributed by atoms with E-state index >= 15 is 0 Å². The van der Waals surface area contributed by atoms with Crippen molar-refractivity contribution in [3.63, 3.8) is 0 Å². The largest absolute Gasteiger partial charge is 0.507 e. The Labute approximate surface area is 198 Å². The zero-order valence-electron chi connectivity index (χ0n) is 19.6. The van der Waals surface area contributed by atoms with Gasteiger partial charge in [-0.25, -0.2) is 0 Å². The molecule has 1 saturated heterocycles. The number of aliphatic hydroxyl groups excluding tert-OH is 1.